The highest BCUT2D eigenvalue weighted by molar-refractivity contribution is 5.43. The number of piperidine rings is 1. The number of nitrogens with two attached hydrogens (primary N) is 1. The zero-order valence-electron chi connectivity index (χ0n) is 9.35. The summed E-state index contributed by atoms with van der Waals surface area (Å²) >= 11 is 0. The summed E-state index contributed by atoms with van der Waals surface area (Å²) in [4.78, 5) is 2.34. The fraction of sp³-hybridized carbons (Fsp3) is 0.636. The lowest BCUT2D eigenvalue weighted by atomic mass is 9.98. The third-order valence-corrected chi connectivity index (χ3v) is 3.13. The summed E-state index contributed by atoms with van der Waals surface area (Å²) in [5.41, 5.74) is 5.53. The van der Waals surface area contributed by atoms with Gasteiger partial charge in [0, 0.05) is 12.1 Å². The van der Waals surface area contributed by atoms with Crippen LogP contribution < -0.4 is 10.6 Å². The van der Waals surface area contributed by atoms with Gasteiger partial charge in [0.05, 0.1) is 0 Å². The van der Waals surface area contributed by atoms with Crippen LogP contribution in [0.3, 0.4) is 0 Å². The Bertz CT molecular complexity index is 312. The summed E-state index contributed by atoms with van der Waals surface area (Å²) in [7, 11) is 0. The van der Waals surface area contributed by atoms with E-state index in [1.807, 2.05) is 12.1 Å². The Morgan fingerprint density at radius 2 is 1.87 bits per heavy atom. The fourth-order valence-electron chi connectivity index (χ4n) is 2.35. The van der Waals surface area contributed by atoms with Crippen LogP contribution in [0.1, 0.15) is 33.1 Å². The van der Waals surface area contributed by atoms with Crippen LogP contribution in [0, 0.1) is 0 Å². The van der Waals surface area contributed by atoms with Crippen molar-refractivity contribution in [1.82, 2.24) is 10.2 Å². The second-order valence-corrected chi connectivity index (χ2v) is 4.35. The van der Waals surface area contributed by atoms with E-state index in [2.05, 4.69) is 28.9 Å². The average Bonchev–Trinajstić information content (AvgIpc) is 2.20. The van der Waals surface area contributed by atoms with Crippen LogP contribution in [-0.2, 0) is 0 Å². The van der Waals surface area contributed by atoms with Crippen LogP contribution in [0.4, 0.5) is 11.6 Å². The number of hydrogen-bond acceptors (Lipinski definition) is 4. The number of hydrogen-bond donors (Lipinski definition) is 1. The molecule has 82 valence electrons. The van der Waals surface area contributed by atoms with Crippen molar-refractivity contribution in [3.05, 3.63) is 12.1 Å². The smallest absolute Gasteiger partial charge is 0.151 e. The Hall–Kier alpha value is -1.32. The molecular formula is C11H18N4. The summed E-state index contributed by atoms with van der Waals surface area (Å²) in [6.45, 7) is 4.49. The summed E-state index contributed by atoms with van der Waals surface area (Å²) in [6, 6.07) is 4.87. The Balaban J connectivity index is 2.23. The summed E-state index contributed by atoms with van der Waals surface area (Å²) in [5, 5.41) is 8.06. The number of anilines is 2. The van der Waals surface area contributed by atoms with Gasteiger partial charge in [0.25, 0.3) is 0 Å². The molecule has 0 aliphatic carbocycles. The second-order valence-electron chi connectivity index (χ2n) is 4.35. The van der Waals surface area contributed by atoms with Crippen LogP contribution in [0.25, 0.3) is 0 Å². The average molecular weight is 206 g/mol. The van der Waals surface area contributed by atoms with Crippen molar-refractivity contribution in [2.75, 3.05) is 10.6 Å². The molecule has 0 saturated carbocycles. The SMILES string of the molecule is C[C@@H]1CCC[C@@H](C)N1c1ccc(N)nn1. The van der Waals surface area contributed by atoms with Crippen molar-refractivity contribution in [2.24, 2.45) is 0 Å². The predicted molar refractivity (Wildman–Crippen MR) is 61.7 cm³/mol. The Labute approximate surface area is 90.5 Å². The van der Waals surface area contributed by atoms with E-state index < -0.39 is 0 Å². The molecule has 0 aromatic carbocycles. The van der Waals surface area contributed by atoms with E-state index in [9.17, 15) is 0 Å². The lowest BCUT2D eigenvalue weighted by molar-refractivity contribution is 0.410. The van der Waals surface area contributed by atoms with Crippen molar-refractivity contribution in [1.29, 1.82) is 0 Å². The Morgan fingerprint density at radius 1 is 1.20 bits per heavy atom. The molecule has 1 aliphatic rings. The fourth-order valence-corrected chi connectivity index (χ4v) is 2.35. The molecule has 1 aromatic rings. The Morgan fingerprint density at radius 3 is 2.40 bits per heavy atom. The van der Waals surface area contributed by atoms with E-state index in [-0.39, 0.29) is 0 Å². The standard InChI is InChI=1S/C11H18N4/c1-8-4-3-5-9(2)15(8)11-7-6-10(12)13-14-11/h6-9H,3-5H2,1-2H3,(H2,12,13)/t8-,9-/m1/s1. The van der Waals surface area contributed by atoms with Gasteiger partial charge in [-0.15, -0.1) is 10.2 Å². The molecule has 0 amide bonds. The minimum Gasteiger partial charge on any atom is -0.382 e. The molecule has 2 N–H and O–H groups in total. The minimum atomic E-state index is 0.482. The molecule has 0 radical (unpaired) electrons. The van der Waals surface area contributed by atoms with Crippen molar-refractivity contribution in [3.8, 4) is 0 Å². The van der Waals surface area contributed by atoms with E-state index in [4.69, 9.17) is 5.73 Å². The minimum absolute atomic E-state index is 0.482. The van der Waals surface area contributed by atoms with Gasteiger partial charge < -0.3 is 10.6 Å². The van der Waals surface area contributed by atoms with Crippen LogP contribution in [0.15, 0.2) is 12.1 Å². The third kappa shape index (κ3) is 2.03. The van der Waals surface area contributed by atoms with Gasteiger partial charge in [0.15, 0.2) is 5.82 Å². The molecule has 2 atom stereocenters. The second kappa shape index (κ2) is 4.04. The third-order valence-electron chi connectivity index (χ3n) is 3.13. The van der Waals surface area contributed by atoms with Crippen molar-refractivity contribution in [2.45, 2.75) is 45.2 Å². The van der Waals surface area contributed by atoms with Gasteiger partial charge in [-0.1, -0.05) is 0 Å². The number of nitrogens with zero attached hydrogens (tertiary/aromatic N) is 3. The molecule has 15 heavy (non-hydrogen) atoms. The highest BCUT2D eigenvalue weighted by Gasteiger charge is 2.25. The zero-order valence-corrected chi connectivity index (χ0v) is 9.35. The molecule has 1 fully saturated rings. The van der Waals surface area contributed by atoms with E-state index in [0.29, 0.717) is 17.9 Å². The van der Waals surface area contributed by atoms with Gasteiger partial charge in [-0.25, -0.2) is 0 Å². The maximum Gasteiger partial charge on any atom is 0.151 e. The maximum atomic E-state index is 5.53. The zero-order chi connectivity index (χ0) is 10.8. The van der Waals surface area contributed by atoms with Gasteiger partial charge in [-0.3, -0.25) is 0 Å². The van der Waals surface area contributed by atoms with Gasteiger partial charge in [0.1, 0.15) is 5.82 Å². The first kappa shape index (κ1) is 10.2. The normalized spacial score (nSPS) is 26.7. The van der Waals surface area contributed by atoms with Gasteiger partial charge in [0.2, 0.25) is 0 Å². The molecule has 4 heteroatoms. The van der Waals surface area contributed by atoms with Crippen LogP contribution in [-0.4, -0.2) is 22.3 Å². The molecule has 0 unspecified atom stereocenters. The number of rotatable bonds is 1. The van der Waals surface area contributed by atoms with Crippen molar-refractivity contribution >= 4 is 11.6 Å². The topological polar surface area (TPSA) is 55.0 Å². The lowest BCUT2D eigenvalue weighted by Gasteiger charge is -2.39. The van der Waals surface area contributed by atoms with E-state index in [0.717, 1.165) is 5.82 Å². The van der Waals surface area contributed by atoms with Gasteiger partial charge in [-0.2, -0.15) is 0 Å². The van der Waals surface area contributed by atoms with E-state index in [1.54, 1.807) is 0 Å². The lowest BCUT2D eigenvalue weighted by Crippen LogP contribution is -2.44. The van der Waals surface area contributed by atoms with E-state index in [1.165, 1.54) is 19.3 Å². The number of nitrogen functional groups attached to an aromatic ring is 1. The first-order valence-corrected chi connectivity index (χ1v) is 5.56. The summed E-state index contributed by atoms with van der Waals surface area (Å²) in [6.07, 6.45) is 3.77. The molecule has 1 saturated heterocycles. The van der Waals surface area contributed by atoms with Crippen LogP contribution >= 0.6 is 0 Å². The van der Waals surface area contributed by atoms with Crippen LogP contribution in [0.2, 0.25) is 0 Å². The Kier molecular flexibility index (Phi) is 2.75. The molecule has 2 heterocycles. The highest BCUT2D eigenvalue weighted by atomic mass is 15.3. The molecular weight excluding hydrogens is 188 g/mol. The van der Waals surface area contributed by atoms with Crippen molar-refractivity contribution in [3.63, 3.8) is 0 Å². The molecule has 1 aliphatic heterocycles. The first-order valence-electron chi connectivity index (χ1n) is 5.56. The monoisotopic (exact) mass is 206 g/mol. The summed E-state index contributed by atoms with van der Waals surface area (Å²) in [5.74, 6) is 1.43. The predicted octanol–water partition coefficient (Wildman–Crippen LogP) is 1.83. The molecule has 1 aromatic heterocycles. The molecule has 2 rings (SSSR count). The quantitative estimate of drug-likeness (QED) is 0.761. The first-order chi connectivity index (χ1) is 7.18. The molecule has 0 spiro atoms. The molecule has 0 bridgehead atoms. The molecule has 4 nitrogen and oxygen atoms in total. The summed E-state index contributed by atoms with van der Waals surface area (Å²) < 4.78 is 0. The number of aromatic nitrogens is 2. The largest absolute Gasteiger partial charge is 0.382 e. The van der Waals surface area contributed by atoms with Crippen molar-refractivity contribution < 1.29 is 0 Å². The maximum absolute atomic E-state index is 5.53. The highest BCUT2D eigenvalue weighted by Crippen LogP contribution is 2.27. The van der Waals surface area contributed by atoms with Gasteiger partial charge >= 0.3 is 0 Å². The van der Waals surface area contributed by atoms with Gasteiger partial charge in [-0.05, 0) is 45.2 Å². The van der Waals surface area contributed by atoms with E-state index >= 15 is 0 Å². The van der Waals surface area contributed by atoms with Crippen LogP contribution in [0.5, 0.6) is 0 Å².